The molecule has 2 aromatic rings. The normalized spacial score (nSPS) is 11.6. The topological polar surface area (TPSA) is 74.7 Å². The van der Waals surface area contributed by atoms with E-state index in [4.69, 9.17) is 5.11 Å². The van der Waals surface area contributed by atoms with Crippen molar-refractivity contribution in [3.8, 4) is 0 Å². The summed E-state index contributed by atoms with van der Waals surface area (Å²) in [5, 5.41) is 8.95. The lowest BCUT2D eigenvalue weighted by Crippen LogP contribution is -2.22. The maximum atomic E-state index is 12.0. The molecule has 0 unspecified atom stereocenters. The van der Waals surface area contributed by atoms with Crippen LogP contribution in [0.2, 0.25) is 0 Å². The molecule has 0 saturated heterocycles. The molecule has 0 aromatic heterocycles. The fourth-order valence-corrected chi connectivity index (χ4v) is 3.78. The van der Waals surface area contributed by atoms with Gasteiger partial charge in [-0.15, -0.1) is 0 Å². The van der Waals surface area contributed by atoms with Crippen LogP contribution in [0.15, 0.2) is 63.2 Å². The van der Waals surface area contributed by atoms with Gasteiger partial charge in [-0.05, 0) is 35.9 Å². The molecule has 0 aliphatic carbocycles. The third-order valence-corrected chi connectivity index (χ3v) is 6.10. The number of hydrogen-bond donors (Lipinski definition) is 1. The van der Waals surface area contributed by atoms with Gasteiger partial charge in [0.05, 0.1) is 11.3 Å². The minimum Gasteiger partial charge on any atom is -0.481 e. The number of nitrogens with zero attached hydrogens (tertiary/aromatic N) is 1. The molecule has 2 aromatic carbocycles. The molecule has 0 saturated carbocycles. The highest BCUT2D eigenvalue weighted by Crippen LogP contribution is 2.31. The summed E-state index contributed by atoms with van der Waals surface area (Å²) in [4.78, 5) is 12.8. The number of hydrogen-bond acceptors (Lipinski definition) is 4. The van der Waals surface area contributed by atoms with Gasteiger partial charge in [0.25, 0.3) is 0 Å². The van der Waals surface area contributed by atoms with Gasteiger partial charge in [-0.2, -0.15) is 0 Å². The summed E-state index contributed by atoms with van der Waals surface area (Å²) in [6, 6.07) is 13.8. The van der Waals surface area contributed by atoms with E-state index in [0.717, 1.165) is 19.7 Å². The predicted molar refractivity (Wildman–Crippen MR) is 89.2 cm³/mol. The summed E-state index contributed by atoms with van der Waals surface area (Å²) in [5.41, 5.74) is 0.731. The molecule has 0 spiro atoms. The first-order valence-electron chi connectivity index (χ1n) is 6.81. The van der Waals surface area contributed by atoms with Gasteiger partial charge in [0.1, 0.15) is 0 Å². The van der Waals surface area contributed by atoms with Gasteiger partial charge in [0.2, 0.25) is 10.0 Å². The molecule has 5 nitrogen and oxygen atoms in total. The van der Waals surface area contributed by atoms with E-state index in [1.54, 1.807) is 36.4 Å². The van der Waals surface area contributed by atoms with Crippen molar-refractivity contribution in [1.29, 1.82) is 0 Å². The molecule has 7 heteroatoms. The molecule has 0 fully saturated rings. The minimum atomic E-state index is -3.44. The highest BCUT2D eigenvalue weighted by Gasteiger charge is 2.16. The number of rotatable bonds is 6. The summed E-state index contributed by atoms with van der Waals surface area (Å²) in [6.07, 6.45) is -0.0454. The van der Waals surface area contributed by atoms with Crippen molar-refractivity contribution in [3.05, 3.63) is 54.1 Å². The van der Waals surface area contributed by atoms with Crippen LogP contribution in [0.1, 0.15) is 5.56 Å². The van der Waals surface area contributed by atoms with E-state index in [1.807, 2.05) is 12.1 Å². The lowest BCUT2D eigenvalue weighted by Gasteiger charge is -2.12. The second kappa shape index (κ2) is 7.16. The molecule has 0 aliphatic rings. The molecule has 0 heterocycles. The zero-order chi connectivity index (χ0) is 17.0. The van der Waals surface area contributed by atoms with Crippen LogP contribution in [-0.2, 0) is 21.2 Å². The summed E-state index contributed by atoms with van der Waals surface area (Å²) in [6.45, 7) is 0. The number of aliphatic carboxylic acids is 1. The summed E-state index contributed by atoms with van der Waals surface area (Å²) in [7, 11) is -0.472. The van der Waals surface area contributed by atoms with Gasteiger partial charge in [0.15, 0.2) is 0 Å². The Morgan fingerprint density at radius 1 is 1.09 bits per heavy atom. The summed E-state index contributed by atoms with van der Waals surface area (Å²) >= 11 is 1.41. The molecular weight excluding hydrogens is 334 g/mol. The van der Waals surface area contributed by atoms with E-state index in [9.17, 15) is 13.2 Å². The Labute approximate surface area is 140 Å². The van der Waals surface area contributed by atoms with Crippen molar-refractivity contribution >= 4 is 27.8 Å². The van der Waals surface area contributed by atoms with Crippen molar-refractivity contribution < 1.29 is 18.3 Å². The van der Waals surface area contributed by atoms with E-state index >= 15 is 0 Å². The van der Waals surface area contributed by atoms with Crippen molar-refractivity contribution in [2.75, 3.05) is 14.1 Å². The Kier molecular flexibility index (Phi) is 5.46. The minimum absolute atomic E-state index is 0.0454. The van der Waals surface area contributed by atoms with E-state index in [-0.39, 0.29) is 11.3 Å². The van der Waals surface area contributed by atoms with Crippen LogP contribution in [0.4, 0.5) is 0 Å². The molecule has 23 heavy (non-hydrogen) atoms. The van der Waals surface area contributed by atoms with Crippen LogP contribution in [0.5, 0.6) is 0 Å². The van der Waals surface area contributed by atoms with Crippen LogP contribution in [-0.4, -0.2) is 37.9 Å². The second-order valence-electron chi connectivity index (χ2n) is 5.04. The lowest BCUT2D eigenvalue weighted by atomic mass is 10.1. The van der Waals surface area contributed by atoms with Crippen LogP contribution < -0.4 is 0 Å². The average Bonchev–Trinajstić information content (AvgIpc) is 2.49. The zero-order valence-electron chi connectivity index (χ0n) is 12.8. The van der Waals surface area contributed by atoms with Crippen molar-refractivity contribution in [3.63, 3.8) is 0 Å². The molecule has 0 radical (unpaired) electrons. The zero-order valence-corrected chi connectivity index (χ0v) is 14.4. The number of carboxylic acid groups (broad SMARTS) is 1. The monoisotopic (exact) mass is 351 g/mol. The first-order chi connectivity index (χ1) is 10.8. The van der Waals surface area contributed by atoms with Crippen molar-refractivity contribution in [2.45, 2.75) is 21.1 Å². The number of carbonyl (C=O) groups is 1. The van der Waals surface area contributed by atoms with E-state index in [1.165, 1.54) is 25.9 Å². The Bertz CT molecular complexity index is 799. The Morgan fingerprint density at radius 2 is 1.70 bits per heavy atom. The number of carboxylic acids is 1. The van der Waals surface area contributed by atoms with Crippen LogP contribution in [0, 0.1) is 0 Å². The number of benzene rings is 2. The first-order valence-corrected chi connectivity index (χ1v) is 9.06. The van der Waals surface area contributed by atoms with E-state index in [0.29, 0.717) is 0 Å². The van der Waals surface area contributed by atoms with Gasteiger partial charge in [0, 0.05) is 23.9 Å². The van der Waals surface area contributed by atoms with Gasteiger partial charge in [-0.3, -0.25) is 4.79 Å². The highest BCUT2D eigenvalue weighted by molar-refractivity contribution is 7.99. The fraction of sp³-hybridized carbons (Fsp3) is 0.188. The molecule has 122 valence electrons. The third-order valence-electron chi connectivity index (χ3n) is 3.14. The second-order valence-corrected chi connectivity index (χ2v) is 8.31. The van der Waals surface area contributed by atoms with E-state index in [2.05, 4.69) is 0 Å². The molecular formula is C16H17NO4S2. The van der Waals surface area contributed by atoms with Crippen LogP contribution in [0.3, 0.4) is 0 Å². The van der Waals surface area contributed by atoms with Gasteiger partial charge in [-0.1, -0.05) is 30.0 Å². The van der Waals surface area contributed by atoms with Crippen LogP contribution in [0.25, 0.3) is 0 Å². The Balaban J connectivity index is 2.24. The number of sulfonamides is 1. The highest BCUT2D eigenvalue weighted by atomic mass is 32.2. The molecule has 1 N–H and O–H groups in total. The predicted octanol–water partition coefficient (Wildman–Crippen LogP) is 2.72. The molecule has 0 atom stereocenters. The van der Waals surface area contributed by atoms with Crippen molar-refractivity contribution in [1.82, 2.24) is 4.31 Å². The molecule has 2 rings (SSSR count). The average molecular weight is 351 g/mol. The maximum Gasteiger partial charge on any atom is 0.307 e. The summed E-state index contributed by atoms with van der Waals surface area (Å²) in [5.74, 6) is -0.884. The standard InChI is InChI=1S/C16H17NO4S2/c1-17(2)23(20,21)14-9-7-13(8-10-14)22-15-6-4-3-5-12(15)11-16(18)19/h3-10H,11H2,1-2H3,(H,18,19). The fourth-order valence-electron chi connectivity index (χ4n) is 1.93. The lowest BCUT2D eigenvalue weighted by molar-refractivity contribution is -0.136. The first kappa shape index (κ1) is 17.5. The molecule has 0 bridgehead atoms. The molecule has 0 aliphatic heterocycles. The molecule has 0 amide bonds. The quantitative estimate of drug-likeness (QED) is 0.866. The maximum absolute atomic E-state index is 12.0. The van der Waals surface area contributed by atoms with E-state index < -0.39 is 16.0 Å². The smallest absolute Gasteiger partial charge is 0.307 e. The third kappa shape index (κ3) is 4.34. The Morgan fingerprint density at radius 3 is 2.26 bits per heavy atom. The van der Waals surface area contributed by atoms with Gasteiger partial charge in [-0.25, -0.2) is 12.7 Å². The summed E-state index contributed by atoms with van der Waals surface area (Å²) < 4.78 is 25.2. The van der Waals surface area contributed by atoms with Crippen LogP contribution >= 0.6 is 11.8 Å². The van der Waals surface area contributed by atoms with Gasteiger partial charge < -0.3 is 5.11 Å². The largest absolute Gasteiger partial charge is 0.481 e. The van der Waals surface area contributed by atoms with Crippen molar-refractivity contribution in [2.24, 2.45) is 0 Å². The SMILES string of the molecule is CN(C)S(=O)(=O)c1ccc(Sc2ccccc2CC(=O)O)cc1. The Hall–Kier alpha value is -1.83. The van der Waals surface area contributed by atoms with Gasteiger partial charge >= 0.3 is 5.97 Å².